The highest BCUT2D eigenvalue weighted by atomic mass is 16.6. The van der Waals surface area contributed by atoms with Gasteiger partial charge in [0.2, 0.25) is 0 Å². The highest BCUT2D eigenvalue weighted by molar-refractivity contribution is 5.24. The molecule has 0 unspecified atom stereocenters. The van der Waals surface area contributed by atoms with E-state index in [1.54, 1.807) is 34.9 Å². The minimum absolute atomic E-state index is 0.223. The minimum Gasteiger partial charge on any atom is -0.489 e. The summed E-state index contributed by atoms with van der Waals surface area (Å²) in [4.78, 5) is 14.0. The Morgan fingerprint density at radius 2 is 2.41 bits per heavy atom. The molecule has 0 bridgehead atoms. The first-order valence-corrected chi connectivity index (χ1v) is 6.62. The van der Waals surface area contributed by atoms with Crippen LogP contribution in [-0.4, -0.2) is 26.7 Å². The molecule has 2 heterocycles. The van der Waals surface area contributed by atoms with Gasteiger partial charge in [0.05, 0.1) is 6.54 Å². The molecule has 1 aliphatic rings. The molecule has 0 aliphatic carbocycles. The molecule has 7 nitrogen and oxygen atoms in total. The summed E-state index contributed by atoms with van der Waals surface area (Å²) in [6.07, 6.45) is 9.86. The summed E-state index contributed by atoms with van der Waals surface area (Å²) < 4.78 is 13.0. The molecule has 2 rings (SSSR count). The molecule has 0 fully saturated rings. The van der Waals surface area contributed by atoms with Gasteiger partial charge in [-0.3, -0.25) is 4.57 Å². The Balaban J connectivity index is 2.01. The first-order chi connectivity index (χ1) is 10.5. The average Bonchev–Trinajstić information content (AvgIpc) is 2.97. The summed E-state index contributed by atoms with van der Waals surface area (Å²) in [7, 11) is 0. The lowest BCUT2D eigenvalue weighted by Gasteiger charge is -2.22. The van der Waals surface area contributed by atoms with Gasteiger partial charge in [0, 0.05) is 4.98 Å². The molecule has 1 aromatic heterocycles. The number of imidazole rings is 1. The van der Waals surface area contributed by atoms with E-state index < -0.39 is 10.5 Å². The largest absolute Gasteiger partial charge is 0.489 e. The number of allylic oxidation sites excluding steroid dienone is 5. The Labute approximate surface area is 128 Å². The zero-order chi connectivity index (χ0) is 16.2. The van der Waals surface area contributed by atoms with Crippen LogP contribution in [0.25, 0.3) is 0 Å². The van der Waals surface area contributed by atoms with Gasteiger partial charge >= 0.3 is 11.8 Å². The molecule has 0 saturated heterocycles. The third-order valence-corrected chi connectivity index (χ3v) is 2.98. The third-order valence-electron chi connectivity index (χ3n) is 2.98. The zero-order valence-electron chi connectivity index (χ0n) is 12.3. The molecule has 0 N–H and O–H groups in total. The number of fused-ring (bicyclic) bond motifs is 1. The number of hydrogen-bond acceptors (Lipinski definition) is 5. The third kappa shape index (κ3) is 3.43. The highest BCUT2D eigenvalue weighted by Crippen LogP contribution is 2.31. The molecular weight excluding hydrogens is 286 g/mol. The number of ether oxygens (including phenoxy) is 2. The molecule has 0 radical (unpaired) electrons. The Kier molecular flexibility index (Phi) is 4.45. The number of rotatable bonds is 7. The Morgan fingerprint density at radius 1 is 1.64 bits per heavy atom. The second-order valence-electron chi connectivity index (χ2n) is 5.01. The van der Waals surface area contributed by atoms with Crippen molar-refractivity contribution in [2.24, 2.45) is 0 Å². The lowest BCUT2D eigenvalue weighted by molar-refractivity contribution is -0.389. The normalized spacial score (nSPS) is 20.5. The lowest BCUT2D eigenvalue weighted by Crippen LogP contribution is -2.36. The van der Waals surface area contributed by atoms with Crippen LogP contribution in [0.4, 0.5) is 5.82 Å². The molecule has 1 aliphatic heterocycles. The van der Waals surface area contributed by atoms with E-state index in [-0.39, 0.29) is 18.4 Å². The van der Waals surface area contributed by atoms with Gasteiger partial charge in [0.1, 0.15) is 18.6 Å². The summed E-state index contributed by atoms with van der Waals surface area (Å²) in [6.45, 7) is 9.78. The molecule has 0 amide bonds. The summed E-state index contributed by atoms with van der Waals surface area (Å²) in [5.41, 5.74) is -0.639. The van der Waals surface area contributed by atoms with Crippen LogP contribution < -0.4 is 4.74 Å². The maximum Gasteiger partial charge on any atom is 0.415 e. The van der Waals surface area contributed by atoms with Crippen molar-refractivity contribution in [1.82, 2.24) is 9.55 Å². The highest BCUT2D eigenvalue weighted by Gasteiger charge is 2.41. The monoisotopic (exact) mass is 303 g/mol. The van der Waals surface area contributed by atoms with Crippen molar-refractivity contribution >= 4 is 5.82 Å². The zero-order valence-corrected chi connectivity index (χ0v) is 12.3. The van der Waals surface area contributed by atoms with Crippen molar-refractivity contribution in [1.29, 1.82) is 0 Å². The molecule has 0 aromatic carbocycles. The number of aromatic nitrogens is 2. The molecule has 7 heteroatoms. The molecule has 22 heavy (non-hydrogen) atoms. The van der Waals surface area contributed by atoms with Gasteiger partial charge in [-0.25, -0.2) is 0 Å². The summed E-state index contributed by atoms with van der Waals surface area (Å²) in [5.74, 6) is 0.398. The first-order valence-electron chi connectivity index (χ1n) is 6.62. The van der Waals surface area contributed by atoms with Gasteiger partial charge in [-0.2, -0.15) is 0 Å². The minimum atomic E-state index is -0.639. The maximum atomic E-state index is 10.7. The van der Waals surface area contributed by atoms with Crippen molar-refractivity contribution in [3.05, 3.63) is 65.6 Å². The van der Waals surface area contributed by atoms with Crippen molar-refractivity contribution in [2.75, 3.05) is 6.61 Å². The molecule has 0 saturated carbocycles. The van der Waals surface area contributed by atoms with Crippen molar-refractivity contribution < 1.29 is 14.4 Å². The Morgan fingerprint density at radius 3 is 3.00 bits per heavy atom. The van der Waals surface area contributed by atoms with Gasteiger partial charge in [0.15, 0.2) is 5.60 Å². The number of nitrogens with zero attached hydrogens (tertiary/aromatic N) is 3. The van der Waals surface area contributed by atoms with Crippen LogP contribution in [0.5, 0.6) is 6.01 Å². The van der Waals surface area contributed by atoms with E-state index in [1.165, 1.54) is 6.20 Å². The van der Waals surface area contributed by atoms with Crippen LogP contribution in [0.3, 0.4) is 0 Å². The smallest absolute Gasteiger partial charge is 0.415 e. The predicted octanol–water partition coefficient (Wildman–Crippen LogP) is 2.77. The molecule has 1 aromatic rings. The number of hydrogen-bond donors (Lipinski definition) is 0. The van der Waals surface area contributed by atoms with Gasteiger partial charge < -0.3 is 19.6 Å². The Bertz CT molecular complexity index is 634. The van der Waals surface area contributed by atoms with Crippen LogP contribution in [0.15, 0.2) is 55.5 Å². The second-order valence-corrected chi connectivity index (χ2v) is 5.01. The summed E-state index contributed by atoms with van der Waals surface area (Å²) >= 11 is 0. The molecule has 116 valence electrons. The number of nitro groups is 1. The summed E-state index contributed by atoms with van der Waals surface area (Å²) in [6, 6.07) is 0.230. The predicted molar refractivity (Wildman–Crippen MR) is 81.5 cm³/mol. The SMILES string of the molecule is C=C/C=C\C(=C/C=C)OC[C@@]1(C)Cn2cc([N+](=O)[O-])nc2O1. The fourth-order valence-electron chi connectivity index (χ4n) is 2.02. The van der Waals surface area contributed by atoms with E-state index in [9.17, 15) is 10.1 Å². The van der Waals surface area contributed by atoms with E-state index in [2.05, 4.69) is 18.1 Å². The van der Waals surface area contributed by atoms with Gasteiger partial charge in [0.25, 0.3) is 0 Å². The van der Waals surface area contributed by atoms with E-state index >= 15 is 0 Å². The van der Waals surface area contributed by atoms with Crippen LogP contribution in [0.1, 0.15) is 6.92 Å². The summed E-state index contributed by atoms with van der Waals surface area (Å²) in [5, 5.41) is 10.7. The van der Waals surface area contributed by atoms with Crippen molar-refractivity contribution in [3.63, 3.8) is 0 Å². The van der Waals surface area contributed by atoms with Crippen LogP contribution in [0, 0.1) is 10.1 Å². The average molecular weight is 303 g/mol. The fraction of sp³-hybridized carbons (Fsp3) is 0.267. The van der Waals surface area contributed by atoms with E-state index in [4.69, 9.17) is 9.47 Å². The van der Waals surface area contributed by atoms with Crippen LogP contribution in [0.2, 0.25) is 0 Å². The van der Waals surface area contributed by atoms with E-state index in [1.807, 2.05) is 6.92 Å². The van der Waals surface area contributed by atoms with Crippen LogP contribution >= 0.6 is 0 Å². The second kappa shape index (κ2) is 6.30. The molecule has 1 atom stereocenters. The van der Waals surface area contributed by atoms with Crippen molar-refractivity contribution in [3.8, 4) is 6.01 Å². The molecule has 0 spiro atoms. The fourth-order valence-corrected chi connectivity index (χ4v) is 2.02. The standard InChI is InChI=1S/C15H17N3O4/c1-4-6-8-12(7-5-2)21-11-15(3)10-17-9-13(18(19)20)16-14(17)22-15/h4-9H,1-2,10-11H2,3H3/b8-6-,12-7+/t15-/m1/s1. The van der Waals surface area contributed by atoms with Crippen molar-refractivity contribution in [2.45, 2.75) is 19.1 Å². The first kappa shape index (κ1) is 15.6. The van der Waals surface area contributed by atoms with Gasteiger partial charge in [-0.1, -0.05) is 31.4 Å². The van der Waals surface area contributed by atoms with Crippen LogP contribution in [-0.2, 0) is 11.3 Å². The van der Waals surface area contributed by atoms with Gasteiger partial charge in [-0.05, 0) is 24.0 Å². The quantitative estimate of drug-likeness (QED) is 0.335. The lowest BCUT2D eigenvalue weighted by atomic mass is 10.1. The van der Waals surface area contributed by atoms with Gasteiger partial charge in [-0.15, -0.1) is 0 Å². The van der Waals surface area contributed by atoms with E-state index in [0.717, 1.165) is 0 Å². The Hall–Kier alpha value is -2.83. The van der Waals surface area contributed by atoms with E-state index in [0.29, 0.717) is 12.3 Å². The topological polar surface area (TPSA) is 79.4 Å². The maximum absolute atomic E-state index is 10.7. The molecular formula is C15H17N3O4.